The molecule has 0 saturated heterocycles. The summed E-state index contributed by atoms with van der Waals surface area (Å²) in [4.78, 5) is 11.3. The lowest BCUT2D eigenvalue weighted by atomic mass is 9.96. The van der Waals surface area contributed by atoms with Gasteiger partial charge < -0.3 is 10.1 Å². The van der Waals surface area contributed by atoms with E-state index >= 15 is 0 Å². The highest BCUT2D eigenvalue weighted by Gasteiger charge is 2.24. The zero-order chi connectivity index (χ0) is 10.8. The van der Waals surface area contributed by atoms with Gasteiger partial charge in [0.15, 0.2) is 0 Å². The van der Waals surface area contributed by atoms with Crippen LogP contribution in [0.15, 0.2) is 18.2 Å². The Labute approximate surface area is 87.2 Å². The standard InChI is InChI=1S/C11H12FNO2/c1-15-11(14)10-5-7-2-3-9(12)4-8(7)6-13-10/h2-4,10,13H,5-6H2,1H3. The molecule has 0 saturated carbocycles. The van der Waals surface area contributed by atoms with Crippen LogP contribution in [0.5, 0.6) is 0 Å². The lowest BCUT2D eigenvalue weighted by molar-refractivity contribution is -0.143. The number of benzene rings is 1. The van der Waals surface area contributed by atoms with E-state index in [0.717, 1.165) is 11.1 Å². The van der Waals surface area contributed by atoms with E-state index in [1.54, 1.807) is 6.07 Å². The van der Waals surface area contributed by atoms with Crippen LogP contribution in [0.25, 0.3) is 0 Å². The number of rotatable bonds is 1. The van der Waals surface area contributed by atoms with Gasteiger partial charge in [-0.25, -0.2) is 4.39 Å². The van der Waals surface area contributed by atoms with Crippen molar-refractivity contribution >= 4 is 5.97 Å². The molecule has 0 aromatic heterocycles. The van der Waals surface area contributed by atoms with Gasteiger partial charge in [-0.1, -0.05) is 6.07 Å². The van der Waals surface area contributed by atoms with Gasteiger partial charge in [-0.15, -0.1) is 0 Å². The van der Waals surface area contributed by atoms with Gasteiger partial charge in [-0.05, 0) is 29.7 Å². The minimum atomic E-state index is -0.312. The number of carbonyl (C=O) groups is 1. The molecular weight excluding hydrogens is 197 g/mol. The van der Waals surface area contributed by atoms with Crippen LogP contribution in [0.2, 0.25) is 0 Å². The molecule has 1 aromatic rings. The highest BCUT2D eigenvalue weighted by Crippen LogP contribution is 2.18. The fourth-order valence-corrected chi connectivity index (χ4v) is 1.79. The van der Waals surface area contributed by atoms with Gasteiger partial charge in [-0.2, -0.15) is 0 Å². The van der Waals surface area contributed by atoms with Crippen molar-refractivity contribution in [1.29, 1.82) is 0 Å². The first-order chi connectivity index (χ1) is 7.20. The molecule has 0 amide bonds. The van der Waals surface area contributed by atoms with Gasteiger partial charge in [0, 0.05) is 6.54 Å². The zero-order valence-electron chi connectivity index (χ0n) is 8.42. The summed E-state index contributed by atoms with van der Waals surface area (Å²) < 4.78 is 17.6. The minimum absolute atomic E-state index is 0.243. The molecule has 2 rings (SSSR count). The van der Waals surface area contributed by atoms with E-state index in [1.165, 1.54) is 19.2 Å². The molecule has 0 spiro atoms. The summed E-state index contributed by atoms with van der Waals surface area (Å²) >= 11 is 0. The Morgan fingerprint density at radius 2 is 2.33 bits per heavy atom. The molecule has 1 atom stereocenters. The van der Waals surface area contributed by atoms with Crippen molar-refractivity contribution in [2.24, 2.45) is 0 Å². The number of carbonyl (C=O) groups excluding carboxylic acids is 1. The van der Waals surface area contributed by atoms with E-state index in [1.807, 2.05) is 0 Å². The van der Waals surface area contributed by atoms with E-state index in [-0.39, 0.29) is 17.8 Å². The quantitative estimate of drug-likeness (QED) is 0.701. The Balaban J connectivity index is 2.20. The average molecular weight is 209 g/mol. The third-order valence-electron chi connectivity index (χ3n) is 2.62. The Hall–Kier alpha value is -1.42. The van der Waals surface area contributed by atoms with E-state index in [2.05, 4.69) is 10.1 Å². The fraction of sp³-hybridized carbons (Fsp3) is 0.364. The molecule has 1 aliphatic heterocycles. The summed E-state index contributed by atoms with van der Waals surface area (Å²) in [6.45, 7) is 0.507. The molecule has 1 aromatic carbocycles. The van der Waals surface area contributed by atoms with Crippen LogP contribution in [-0.4, -0.2) is 19.1 Å². The third-order valence-corrected chi connectivity index (χ3v) is 2.62. The van der Waals surface area contributed by atoms with Gasteiger partial charge in [0.2, 0.25) is 0 Å². The SMILES string of the molecule is COC(=O)C1Cc2ccc(F)cc2CN1. The largest absolute Gasteiger partial charge is 0.468 e. The van der Waals surface area contributed by atoms with Crippen molar-refractivity contribution in [1.82, 2.24) is 5.32 Å². The maximum Gasteiger partial charge on any atom is 0.323 e. The van der Waals surface area contributed by atoms with Gasteiger partial charge >= 0.3 is 5.97 Å². The van der Waals surface area contributed by atoms with Crippen LogP contribution in [0.3, 0.4) is 0 Å². The van der Waals surface area contributed by atoms with Gasteiger partial charge in [0.05, 0.1) is 7.11 Å². The molecular formula is C11H12FNO2. The number of hydrogen-bond acceptors (Lipinski definition) is 3. The molecule has 1 unspecified atom stereocenters. The maximum atomic E-state index is 12.9. The van der Waals surface area contributed by atoms with Crippen molar-refractivity contribution in [2.45, 2.75) is 19.0 Å². The molecule has 15 heavy (non-hydrogen) atoms. The first kappa shape index (κ1) is 10.1. The molecule has 80 valence electrons. The summed E-state index contributed by atoms with van der Waals surface area (Å²) in [5.74, 6) is -0.517. The number of fused-ring (bicyclic) bond motifs is 1. The monoisotopic (exact) mass is 209 g/mol. The van der Waals surface area contributed by atoms with Crippen LogP contribution in [0.4, 0.5) is 4.39 Å². The van der Waals surface area contributed by atoms with Crippen LogP contribution in [0.1, 0.15) is 11.1 Å². The topological polar surface area (TPSA) is 38.3 Å². The second-order valence-electron chi connectivity index (χ2n) is 3.57. The van der Waals surface area contributed by atoms with E-state index in [4.69, 9.17) is 0 Å². The Bertz CT molecular complexity index is 392. The predicted molar refractivity (Wildman–Crippen MR) is 52.7 cm³/mol. The van der Waals surface area contributed by atoms with Crippen LogP contribution < -0.4 is 5.32 Å². The van der Waals surface area contributed by atoms with Crippen LogP contribution in [-0.2, 0) is 22.5 Å². The molecule has 4 heteroatoms. The highest BCUT2D eigenvalue weighted by molar-refractivity contribution is 5.76. The molecule has 1 N–H and O–H groups in total. The number of ether oxygens (including phenoxy) is 1. The minimum Gasteiger partial charge on any atom is -0.468 e. The lowest BCUT2D eigenvalue weighted by Crippen LogP contribution is -2.42. The first-order valence-corrected chi connectivity index (χ1v) is 4.79. The van der Waals surface area contributed by atoms with Gasteiger partial charge in [0.25, 0.3) is 0 Å². The number of esters is 1. The van der Waals surface area contributed by atoms with Crippen molar-refractivity contribution in [2.75, 3.05) is 7.11 Å². The Kier molecular flexibility index (Phi) is 2.68. The number of halogens is 1. The van der Waals surface area contributed by atoms with Gasteiger partial charge in [-0.3, -0.25) is 4.79 Å². The van der Waals surface area contributed by atoms with Crippen molar-refractivity contribution < 1.29 is 13.9 Å². The van der Waals surface area contributed by atoms with E-state index in [9.17, 15) is 9.18 Å². The number of hydrogen-bond donors (Lipinski definition) is 1. The second kappa shape index (κ2) is 3.98. The highest BCUT2D eigenvalue weighted by atomic mass is 19.1. The van der Waals surface area contributed by atoms with E-state index in [0.29, 0.717) is 13.0 Å². The fourth-order valence-electron chi connectivity index (χ4n) is 1.79. The van der Waals surface area contributed by atoms with Gasteiger partial charge in [0.1, 0.15) is 11.9 Å². The number of nitrogens with one attached hydrogen (secondary N) is 1. The molecule has 3 nitrogen and oxygen atoms in total. The third kappa shape index (κ3) is 1.99. The number of methoxy groups -OCH3 is 1. The average Bonchev–Trinajstić information content (AvgIpc) is 2.27. The first-order valence-electron chi connectivity index (χ1n) is 4.79. The molecule has 0 bridgehead atoms. The normalized spacial score (nSPS) is 19.5. The van der Waals surface area contributed by atoms with Crippen LogP contribution >= 0.6 is 0 Å². The summed E-state index contributed by atoms with van der Waals surface area (Å²) in [7, 11) is 1.37. The van der Waals surface area contributed by atoms with Crippen molar-refractivity contribution in [3.05, 3.63) is 35.1 Å². The second-order valence-corrected chi connectivity index (χ2v) is 3.57. The van der Waals surface area contributed by atoms with Crippen LogP contribution in [0, 0.1) is 5.82 Å². The zero-order valence-corrected chi connectivity index (χ0v) is 8.42. The van der Waals surface area contributed by atoms with Crippen molar-refractivity contribution in [3.63, 3.8) is 0 Å². The smallest absolute Gasteiger partial charge is 0.323 e. The molecule has 0 aliphatic carbocycles. The molecule has 1 heterocycles. The predicted octanol–water partition coefficient (Wildman–Crippen LogP) is 1.01. The van der Waals surface area contributed by atoms with Crippen molar-refractivity contribution in [3.8, 4) is 0 Å². The van der Waals surface area contributed by atoms with E-state index < -0.39 is 0 Å². The summed E-state index contributed by atoms with van der Waals surface area (Å²) in [6, 6.07) is 4.32. The lowest BCUT2D eigenvalue weighted by Gasteiger charge is -2.24. The summed E-state index contributed by atoms with van der Waals surface area (Å²) in [6.07, 6.45) is 0.558. The molecule has 0 radical (unpaired) electrons. The maximum absolute atomic E-state index is 12.9. The molecule has 1 aliphatic rings. The Morgan fingerprint density at radius 1 is 1.53 bits per heavy atom. The summed E-state index contributed by atoms with van der Waals surface area (Å²) in [5.41, 5.74) is 1.92. The Morgan fingerprint density at radius 3 is 3.07 bits per heavy atom. The summed E-state index contributed by atoms with van der Waals surface area (Å²) in [5, 5.41) is 3.01. The molecule has 0 fully saturated rings.